The average Bonchev–Trinajstić information content (AvgIpc) is 3.45. The van der Waals surface area contributed by atoms with Gasteiger partial charge in [-0.25, -0.2) is 4.68 Å². The summed E-state index contributed by atoms with van der Waals surface area (Å²) in [6, 6.07) is 0.727. The van der Waals surface area contributed by atoms with Crippen molar-refractivity contribution in [1.29, 1.82) is 0 Å². The molecule has 3 heterocycles. The van der Waals surface area contributed by atoms with Gasteiger partial charge in [-0.3, -0.25) is 14.4 Å². The normalized spacial score (nSPS) is 25.4. The zero-order chi connectivity index (χ0) is 23.2. The van der Waals surface area contributed by atoms with Crippen LogP contribution in [0.25, 0.3) is 6.08 Å². The van der Waals surface area contributed by atoms with Crippen molar-refractivity contribution in [2.45, 2.75) is 85.0 Å². The first-order valence-corrected chi connectivity index (χ1v) is 11.9. The fourth-order valence-electron chi connectivity index (χ4n) is 4.98. The molecule has 4 rings (SSSR count). The molecule has 1 aromatic heterocycles. The van der Waals surface area contributed by atoms with Gasteiger partial charge in [0.2, 0.25) is 17.7 Å². The lowest BCUT2D eigenvalue weighted by Crippen LogP contribution is -2.47. The minimum atomic E-state index is -0.772. The number of aryl methyl sites for hydroxylation is 1. The molecule has 0 radical (unpaired) electrons. The van der Waals surface area contributed by atoms with E-state index in [1.165, 1.54) is 0 Å². The molecule has 3 aliphatic rings. The minimum Gasteiger partial charge on any atom is -0.339 e. The van der Waals surface area contributed by atoms with Gasteiger partial charge in [0.15, 0.2) is 0 Å². The largest absolute Gasteiger partial charge is 0.339 e. The van der Waals surface area contributed by atoms with Gasteiger partial charge in [0.05, 0.1) is 12.2 Å². The molecule has 3 atom stereocenters. The molecule has 2 fully saturated rings. The van der Waals surface area contributed by atoms with Crippen LogP contribution in [0, 0.1) is 18.8 Å². The van der Waals surface area contributed by atoms with Crippen molar-refractivity contribution in [2.24, 2.45) is 11.8 Å². The Morgan fingerprint density at radius 2 is 1.84 bits per heavy atom. The number of amides is 3. The Kier molecular flexibility index (Phi) is 6.14. The van der Waals surface area contributed by atoms with Crippen LogP contribution in [-0.4, -0.2) is 62.0 Å². The lowest BCUT2D eigenvalue weighted by Gasteiger charge is -2.30. The average molecular weight is 442 g/mol. The topological polar surface area (TPSA) is 87.5 Å². The Hall–Kier alpha value is -2.64. The highest BCUT2D eigenvalue weighted by atomic mass is 16.2. The number of likely N-dealkylation sites (tertiary alicyclic amines) is 1. The molecule has 32 heavy (non-hydrogen) atoms. The number of hydrogen-bond acceptors (Lipinski definition) is 4. The summed E-state index contributed by atoms with van der Waals surface area (Å²) < 4.78 is 1.70. The van der Waals surface area contributed by atoms with E-state index in [-0.39, 0.29) is 42.4 Å². The summed E-state index contributed by atoms with van der Waals surface area (Å²) in [5.74, 6) is -0.285. The van der Waals surface area contributed by atoms with Crippen molar-refractivity contribution >= 4 is 29.6 Å². The predicted octanol–water partition coefficient (Wildman–Crippen LogP) is 2.82. The third-order valence-electron chi connectivity index (χ3n) is 6.82. The van der Waals surface area contributed by atoms with Crippen LogP contribution in [-0.2, 0) is 20.9 Å². The van der Waals surface area contributed by atoms with E-state index in [2.05, 4.69) is 38.1 Å². The van der Waals surface area contributed by atoms with Crippen LogP contribution in [0.1, 0.15) is 64.6 Å². The maximum Gasteiger partial charge on any atom is 0.247 e. The number of carbonyl (C=O) groups excluding carboxylic acids is 3. The van der Waals surface area contributed by atoms with Crippen LogP contribution < -0.4 is 5.32 Å². The van der Waals surface area contributed by atoms with Gasteiger partial charge in [-0.1, -0.05) is 13.8 Å². The van der Waals surface area contributed by atoms with E-state index in [1.807, 2.05) is 16.7 Å². The van der Waals surface area contributed by atoms with Crippen molar-refractivity contribution in [2.75, 3.05) is 11.9 Å². The molecule has 1 N–H and O–H groups in total. The second-order valence-electron chi connectivity index (χ2n) is 10.0. The highest BCUT2D eigenvalue weighted by molar-refractivity contribution is 6.08. The summed E-state index contributed by atoms with van der Waals surface area (Å²) in [7, 11) is 0. The summed E-state index contributed by atoms with van der Waals surface area (Å²) in [5.41, 5.74) is 1.44. The molecule has 0 bridgehead atoms. The van der Waals surface area contributed by atoms with Gasteiger partial charge in [-0.05, 0) is 58.4 Å². The fourth-order valence-corrected chi connectivity index (χ4v) is 4.98. The molecule has 1 aliphatic carbocycles. The molecule has 1 unspecified atom stereocenters. The Labute approximate surface area is 190 Å². The van der Waals surface area contributed by atoms with E-state index >= 15 is 0 Å². The van der Waals surface area contributed by atoms with Gasteiger partial charge in [0.1, 0.15) is 11.7 Å². The maximum absolute atomic E-state index is 13.2. The Balaban J connectivity index is 1.52. The van der Waals surface area contributed by atoms with Crippen molar-refractivity contribution in [3.8, 4) is 0 Å². The quantitative estimate of drug-likeness (QED) is 0.543. The molecule has 1 saturated heterocycles. The second kappa shape index (κ2) is 8.71. The number of anilines is 1. The van der Waals surface area contributed by atoms with Crippen LogP contribution in [0.15, 0.2) is 6.08 Å². The lowest BCUT2D eigenvalue weighted by atomic mass is 10.0. The summed E-state index contributed by atoms with van der Waals surface area (Å²) in [6.45, 7) is 11.1. The summed E-state index contributed by atoms with van der Waals surface area (Å²) >= 11 is 0. The number of rotatable bonds is 6. The molecule has 1 saturated carbocycles. The first-order valence-electron chi connectivity index (χ1n) is 11.9. The molecule has 1 aromatic rings. The molecular formula is C24H35N5O3. The van der Waals surface area contributed by atoms with E-state index < -0.39 is 5.92 Å². The van der Waals surface area contributed by atoms with Gasteiger partial charge in [-0.15, -0.1) is 0 Å². The van der Waals surface area contributed by atoms with Crippen LogP contribution in [0.5, 0.6) is 0 Å². The van der Waals surface area contributed by atoms with Crippen LogP contribution in [0.2, 0.25) is 0 Å². The molecule has 174 valence electrons. The highest BCUT2D eigenvalue weighted by Gasteiger charge is 2.41. The maximum atomic E-state index is 13.2. The molecule has 0 aromatic carbocycles. The summed E-state index contributed by atoms with van der Waals surface area (Å²) in [4.78, 5) is 42.7. The minimum absolute atomic E-state index is 0.0224. The van der Waals surface area contributed by atoms with Crippen molar-refractivity contribution in [3.05, 3.63) is 17.3 Å². The van der Waals surface area contributed by atoms with Gasteiger partial charge >= 0.3 is 0 Å². The van der Waals surface area contributed by atoms with Gasteiger partial charge in [-0.2, -0.15) is 5.10 Å². The summed E-state index contributed by atoms with van der Waals surface area (Å²) in [6.07, 6.45) is 7.37. The number of hydrogen-bond donors (Lipinski definition) is 1. The number of fused-ring (bicyclic) bond motifs is 1. The van der Waals surface area contributed by atoms with E-state index in [0.29, 0.717) is 18.3 Å². The van der Waals surface area contributed by atoms with Crippen LogP contribution in [0.3, 0.4) is 0 Å². The second-order valence-corrected chi connectivity index (χ2v) is 10.0. The van der Waals surface area contributed by atoms with E-state index in [4.69, 9.17) is 0 Å². The highest BCUT2D eigenvalue weighted by Crippen LogP contribution is 2.32. The zero-order valence-electron chi connectivity index (χ0n) is 19.8. The van der Waals surface area contributed by atoms with Gasteiger partial charge in [0.25, 0.3) is 0 Å². The molecule has 3 amide bonds. The number of nitrogens with zero attached hydrogens (tertiary/aromatic N) is 4. The number of carbonyl (C=O) groups is 3. The van der Waals surface area contributed by atoms with Crippen molar-refractivity contribution in [3.63, 3.8) is 0 Å². The van der Waals surface area contributed by atoms with Crippen molar-refractivity contribution in [1.82, 2.24) is 19.6 Å². The Bertz CT molecular complexity index is 936. The molecule has 2 aliphatic heterocycles. The number of aromatic nitrogens is 2. The molecular weight excluding hydrogens is 406 g/mol. The summed E-state index contributed by atoms with van der Waals surface area (Å²) in [5, 5.41) is 7.46. The number of nitrogens with one attached hydrogen (secondary N) is 1. The molecule has 8 heteroatoms. The van der Waals surface area contributed by atoms with Gasteiger partial charge in [0, 0.05) is 36.3 Å². The van der Waals surface area contributed by atoms with Crippen molar-refractivity contribution < 1.29 is 14.4 Å². The van der Waals surface area contributed by atoms with Gasteiger partial charge < -0.3 is 15.1 Å². The standard InChI is InChI=1S/C24H35N5O3/c1-14(2)12-27(18-8-9-18)24(32)20-13-28-22(25-23(20)31)19(17(5)26-28)10-11-21(30)29-15(3)6-7-16(29)4/h10-11,14-16,18,20H,6-9,12-13H2,1-5H3,(H,25,31)/b11-10+/t15-,16-,20?/m0/s1. The monoisotopic (exact) mass is 441 g/mol. The fraction of sp³-hybridized carbons (Fsp3) is 0.667. The zero-order valence-corrected chi connectivity index (χ0v) is 19.8. The van der Waals surface area contributed by atoms with Crippen LogP contribution in [0.4, 0.5) is 5.82 Å². The lowest BCUT2D eigenvalue weighted by molar-refractivity contribution is -0.142. The predicted molar refractivity (Wildman–Crippen MR) is 123 cm³/mol. The van der Waals surface area contributed by atoms with E-state index in [9.17, 15) is 14.4 Å². The molecule has 0 spiro atoms. The Morgan fingerprint density at radius 1 is 1.19 bits per heavy atom. The van der Waals surface area contributed by atoms with E-state index in [1.54, 1.807) is 16.8 Å². The SMILES string of the molecule is Cc1nn2c(c1/C=C/C(=O)N1[C@@H](C)CC[C@@H]1C)NC(=O)C(C(=O)N(CC(C)C)C1CC1)C2. The smallest absolute Gasteiger partial charge is 0.247 e. The van der Waals surface area contributed by atoms with Crippen LogP contribution >= 0.6 is 0 Å². The third-order valence-corrected chi connectivity index (χ3v) is 6.82. The molecule has 8 nitrogen and oxygen atoms in total. The Morgan fingerprint density at radius 3 is 2.44 bits per heavy atom. The third kappa shape index (κ3) is 4.32. The van der Waals surface area contributed by atoms with E-state index in [0.717, 1.165) is 36.9 Å². The first kappa shape index (κ1) is 22.6. The first-order chi connectivity index (χ1) is 15.2.